The quantitative estimate of drug-likeness (QED) is 0.554. The van der Waals surface area contributed by atoms with Crippen LogP contribution in [0.15, 0.2) is 35.4 Å². The number of nitrogens with zero attached hydrogens (tertiary/aromatic N) is 4. The minimum atomic E-state index is 0.873. The number of likely N-dealkylation sites (N-methyl/N-ethyl adjacent to an activating group) is 1. The van der Waals surface area contributed by atoms with E-state index in [0.717, 1.165) is 52.7 Å². The number of aryl methyl sites for hydroxylation is 1. The molecule has 3 heterocycles. The zero-order chi connectivity index (χ0) is 15.3. The van der Waals surface area contributed by atoms with E-state index in [1.165, 1.54) is 5.56 Å². The van der Waals surface area contributed by atoms with Crippen molar-refractivity contribution in [3.05, 3.63) is 47.3 Å². The van der Waals surface area contributed by atoms with E-state index >= 15 is 0 Å². The molecule has 0 unspecified atom stereocenters. The minimum absolute atomic E-state index is 0.873. The van der Waals surface area contributed by atoms with Crippen molar-refractivity contribution in [2.24, 2.45) is 0 Å². The van der Waals surface area contributed by atoms with Crippen LogP contribution in [0.1, 0.15) is 17.0 Å². The zero-order valence-electron chi connectivity index (χ0n) is 12.7. The first-order chi connectivity index (χ1) is 10.6. The molecule has 2 aromatic heterocycles. The Morgan fingerprint density at radius 1 is 1.18 bits per heavy atom. The summed E-state index contributed by atoms with van der Waals surface area (Å²) in [5.41, 5.74) is 6.51. The van der Waals surface area contributed by atoms with Gasteiger partial charge in [-0.05, 0) is 26.0 Å². The second-order valence-electron chi connectivity index (χ2n) is 5.91. The van der Waals surface area contributed by atoms with Crippen LogP contribution in [0.4, 0.5) is 0 Å². The van der Waals surface area contributed by atoms with Gasteiger partial charge in [-0.1, -0.05) is 30.3 Å². The molecule has 0 saturated carbocycles. The number of thiol groups is 1. The van der Waals surface area contributed by atoms with E-state index in [1.54, 1.807) is 0 Å². The van der Waals surface area contributed by atoms with Crippen molar-refractivity contribution in [1.29, 1.82) is 0 Å². The first kappa shape index (κ1) is 13.8. The summed E-state index contributed by atoms with van der Waals surface area (Å²) in [5.74, 6) is 0. The van der Waals surface area contributed by atoms with Gasteiger partial charge in [-0.15, -0.1) is 12.6 Å². The smallest absolute Gasteiger partial charge is 0.164 e. The van der Waals surface area contributed by atoms with Gasteiger partial charge in [0.05, 0.1) is 11.4 Å². The van der Waals surface area contributed by atoms with Crippen LogP contribution in [0.25, 0.3) is 16.8 Å². The average molecular weight is 310 g/mol. The predicted octanol–water partition coefficient (Wildman–Crippen LogP) is 2.98. The van der Waals surface area contributed by atoms with E-state index in [0.29, 0.717) is 0 Å². The van der Waals surface area contributed by atoms with Crippen LogP contribution >= 0.6 is 12.6 Å². The van der Waals surface area contributed by atoms with Crippen molar-refractivity contribution in [3.63, 3.8) is 0 Å². The topological polar surface area (TPSA) is 33.4 Å². The lowest BCUT2D eigenvalue weighted by Gasteiger charge is -2.25. The molecule has 0 fully saturated rings. The molecule has 0 atom stereocenters. The summed E-state index contributed by atoms with van der Waals surface area (Å²) >= 11 is 4.75. The third-order valence-corrected chi connectivity index (χ3v) is 4.78. The fourth-order valence-electron chi connectivity index (χ4n) is 3.19. The SMILES string of the molecule is Cc1nn2c(S)c3c(nc2c1-c1ccccc1)CN(C)CC3. The van der Waals surface area contributed by atoms with Crippen molar-refractivity contribution in [3.8, 4) is 11.1 Å². The van der Waals surface area contributed by atoms with E-state index in [2.05, 4.69) is 29.2 Å². The molecule has 0 aliphatic carbocycles. The minimum Gasteiger partial charge on any atom is -0.300 e. The van der Waals surface area contributed by atoms with Crippen molar-refractivity contribution in [2.75, 3.05) is 13.6 Å². The molecule has 112 valence electrons. The molecular formula is C17H18N4S. The Bertz CT molecular complexity index is 854. The van der Waals surface area contributed by atoms with Crippen molar-refractivity contribution < 1.29 is 0 Å². The molecule has 0 spiro atoms. The van der Waals surface area contributed by atoms with Gasteiger partial charge in [0.25, 0.3) is 0 Å². The van der Waals surface area contributed by atoms with Gasteiger partial charge in [0.2, 0.25) is 0 Å². The second-order valence-corrected chi connectivity index (χ2v) is 6.33. The van der Waals surface area contributed by atoms with Gasteiger partial charge in [0.1, 0.15) is 5.03 Å². The zero-order valence-corrected chi connectivity index (χ0v) is 13.6. The van der Waals surface area contributed by atoms with Crippen molar-refractivity contribution >= 4 is 18.3 Å². The molecule has 0 saturated heterocycles. The predicted molar refractivity (Wildman–Crippen MR) is 90.5 cm³/mol. The van der Waals surface area contributed by atoms with Gasteiger partial charge in [0, 0.05) is 24.2 Å². The number of hydrogen-bond acceptors (Lipinski definition) is 4. The van der Waals surface area contributed by atoms with Crippen LogP contribution < -0.4 is 0 Å². The lowest BCUT2D eigenvalue weighted by Crippen LogP contribution is -2.28. The summed E-state index contributed by atoms with van der Waals surface area (Å²) in [6.45, 7) is 3.95. The number of benzene rings is 1. The van der Waals surface area contributed by atoms with Gasteiger partial charge in [-0.25, -0.2) is 9.50 Å². The molecular weight excluding hydrogens is 292 g/mol. The summed E-state index contributed by atoms with van der Waals surface area (Å²) in [6.07, 6.45) is 0.979. The highest BCUT2D eigenvalue weighted by atomic mass is 32.1. The maximum atomic E-state index is 4.93. The van der Waals surface area contributed by atoms with Crippen LogP contribution in [-0.4, -0.2) is 33.1 Å². The van der Waals surface area contributed by atoms with Crippen LogP contribution in [0.5, 0.6) is 0 Å². The molecule has 0 radical (unpaired) electrons. The van der Waals surface area contributed by atoms with E-state index in [4.69, 9.17) is 17.6 Å². The normalized spacial score (nSPS) is 15.2. The lowest BCUT2D eigenvalue weighted by molar-refractivity contribution is 0.304. The summed E-state index contributed by atoms with van der Waals surface area (Å²) in [4.78, 5) is 7.23. The maximum Gasteiger partial charge on any atom is 0.164 e. The van der Waals surface area contributed by atoms with Crippen LogP contribution in [0.3, 0.4) is 0 Å². The number of fused-ring (bicyclic) bond motifs is 2. The summed E-state index contributed by atoms with van der Waals surface area (Å²) < 4.78 is 1.89. The van der Waals surface area contributed by atoms with Crippen molar-refractivity contribution in [2.45, 2.75) is 24.9 Å². The second kappa shape index (κ2) is 5.11. The Morgan fingerprint density at radius 3 is 2.73 bits per heavy atom. The summed E-state index contributed by atoms with van der Waals surface area (Å²) in [6, 6.07) is 10.3. The standard InChI is InChI=1S/C17H18N4S/c1-11-15(12-6-4-3-5-7-12)16-18-14-10-20(2)9-8-13(14)17(22)21(16)19-11/h3-7,22H,8-10H2,1-2H3. The van der Waals surface area contributed by atoms with E-state index in [9.17, 15) is 0 Å². The third kappa shape index (κ3) is 2.04. The molecule has 0 N–H and O–H groups in total. The molecule has 4 rings (SSSR count). The molecule has 3 aromatic rings. The van der Waals surface area contributed by atoms with Gasteiger partial charge < -0.3 is 4.90 Å². The highest BCUT2D eigenvalue weighted by molar-refractivity contribution is 7.80. The van der Waals surface area contributed by atoms with Gasteiger partial charge in [0.15, 0.2) is 5.65 Å². The molecule has 1 aliphatic heterocycles. The fourth-order valence-corrected chi connectivity index (χ4v) is 3.57. The number of rotatable bonds is 1. The molecule has 22 heavy (non-hydrogen) atoms. The third-order valence-electron chi connectivity index (χ3n) is 4.32. The van der Waals surface area contributed by atoms with Crippen LogP contribution in [0, 0.1) is 6.92 Å². The Kier molecular flexibility index (Phi) is 3.20. The van der Waals surface area contributed by atoms with E-state index in [1.807, 2.05) is 29.6 Å². The lowest BCUT2D eigenvalue weighted by atomic mass is 10.1. The first-order valence-corrected chi connectivity index (χ1v) is 7.94. The molecule has 4 nitrogen and oxygen atoms in total. The van der Waals surface area contributed by atoms with Gasteiger partial charge >= 0.3 is 0 Å². The van der Waals surface area contributed by atoms with E-state index in [-0.39, 0.29) is 0 Å². The molecule has 0 bridgehead atoms. The Labute approximate surface area is 135 Å². The summed E-state index contributed by atoms with van der Waals surface area (Å²) in [5, 5.41) is 5.61. The molecule has 1 aromatic carbocycles. The Hall–Kier alpha value is -1.85. The number of aromatic nitrogens is 3. The van der Waals surface area contributed by atoms with Gasteiger partial charge in [-0.2, -0.15) is 5.10 Å². The van der Waals surface area contributed by atoms with Gasteiger partial charge in [-0.3, -0.25) is 0 Å². The molecule has 1 aliphatic rings. The average Bonchev–Trinajstić information content (AvgIpc) is 2.84. The Morgan fingerprint density at radius 2 is 1.95 bits per heavy atom. The molecule has 0 amide bonds. The molecule has 5 heteroatoms. The van der Waals surface area contributed by atoms with Crippen LogP contribution in [-0.2, 0) is 13.0 Å². The fraction of sp³-hybridized carbons (Fsp3) is 0.294. The maximum absolute atomic E-state index is 4.93. The summed E-state index contributed by atoms with van der Waals surface area (Å²) in [7, 11) is 2.13. The number of hydrogen-bond donors (Lipinski definition) is 1. The highest BCUT2D eigenvalue weighted by Crippen LogP contribution is 2.31. The first-order valence-electron chi connectivity index (χ1n) is 7.49. The largest absolute Gasteiger partial charge is 0.300 e. The van der Waals surface area contributed by atoms with Crippen LogP contribution in [0.2, 0.25) is 0 Å². The monoisotopic (exact) mass is 310 g/mol. The Balaban J connectivity index is 2.02. The van der Waals surface area contributed by atoms with E-state index < -0.39 is 0 Å². The van der Waals surface area contributed by atoms with Crippen molar-refractivity contribution in [1.82, 2.24) is 19.5 Å². The highest BCUT2D eigenvalue weighted by Gasteiger charge is 2.22.